The van der Waals surface area contributed by atoms with Crippen molar-refractivity contribution in [3.05, 3.63) is 29.8 Å². The molecule has 0 unspecified atom stereocenters. The first kappa shape index (κ1) is 8.23. The number of hydrogen-bond acceptors (Lipinski definition) is 2. The molecule has 1 saturated heterocycles. The third-order valence-electron chi connectivity index (χ3n) is 2.24. The number of rotatable bonds is 2. The summed E-state index contributed by atoms with van der Waals surface area (Å²) in [6.07, 6.45) is 0.0701. The maximum Gasteiger partial charge on any atom is 0.152 e. The van der Waals surface area contributed by atoms with E-state index in [0.29, 0.717) is 18.7 Å². The highest BCUT2D eigenvalue weighted by molar-refractivity contribution is 5.84. The summed E-state index contributed by atoms with van der Waals surface area (Å²) in [5, 5.41) is 0. The molecule has 0 atom stereocenters. The van der Waals surface area contributed by atoms with Gasteiger partial charge in [-0.3, -0.25) is 4.79 Å². The van der Waals surface area contributed by atoms with E-state index in [9.17, 15) is 9.18 Å². The van der Waals surface area contributed by atoms with Gasteiger partial charge < -0.3 is 4.90 Å². The third-order valence-corrected chi connectivity index (χ3v) is 2.24. The molecule has 2 rings (SSSR count). The predicted octanol–water partition coefficient (Wildman–Crippen LogP) is 1.66. The largest absolute Gasteiger partial charge is 0.365 e. The molecule has 1 aromatic carbocycles. The van der Waals surface area contributed by atoms with Gasteiger partial charge in [0.2, 0.25) is 0 Å². The Bertz CT molecular complexity index is 320. The fourth-order valence-electron chi connectivity index (χ4n) is 1.50. The minimum Gasteiger partial charge on any atom is -0.365 e. The molecule has 13 heavy (non-hydrogen) atoms. The molecular weight excluding hydrogens is 169 g/mol. The molecule has 68 valence electrons. The lowest BCUT2D eigenvalue weighted by Gasteiger charge is -2.37. The SMILES string of the molecule is O=Cc1ccccc1N1CC(F)C1. The van der Waals surface area contributed by atoms with Crippen LogP contribution in [0.15, 0.2) is 24.3 Å². The summed E-state index contributed by atoms with van der Waals surface area (Å²) in [5.41, 5.74) is 1.47. The van der Waals surface area contributed by atoms with Crippen molar-refractivity contribution in [2.75, 3.05) is 18.0 Å². The van der Waals surface area contributed by atoms with Crippen molar-refractivity contribution < 1.29 is 9.18 Å². The molecule has 1 aliphatic rings. The van der Waals surface area contributed by atoms with Crippen LogP contribution < -0.4 is 4.90 Å². The number of para-hydroxylation sites is 1. The molecule has 0 saturated carbocycles. The minimum absolute atomic E-state index is 0.408. The van der Waals surface area contributed by atoms with Gasteiger partial charge in [-0.25, -0.2) is 4.39 Å². The molecular formula is C10H10FNO. The van der Waals surface area contributed by atoms with Crippen LogP contribution in [0.2, 0.25) is 0 Å². The second-order valence-corrected chi connectivity index (χ2v) is 3.18. The fourth-order valence-corrected chi connectivity index (χ4v) is 1.50. The Kier molecular flexibility index (Phi) is 2.00. The van der Waals surface area contributed by atoms with Gasteiger partial charge in [-0.1, -0.05) is 12.1 Å². The van der Waals surface area contributed by atoms with Crippen LogP contribution in [-0.4, -0.2) is 25.5 Å². The molecule has 0 amide bonds. The van der Waals surface area contributed by atoms with Crippen molar-refractivity contribution in [3.8, 4) is 0 Å². The second kappa shape index (κ2) is 3.17. The first-order valence-electron chi connectivity index (χ1n) is 4.24. The van der Waals surface area contributed by atoms with Crippen molar-refractivity contribution >= 4 is 12.0 Å². The van der Waals surface area contributed by atoms with Crippen molar-refractivity contribution in [1.82, 2.24) is 0 Å². The Morgan fingerprint density at radius 2 is 2.08 bits per heavy atom. The average Bonchev–Trinajstić information content (AvgIpc) is 2.13. The summed E-state index contributed by atoms with van der Waals surface area (Å²) in [6, 6.07) is 7.25. The highest BCUT2D eigenvalue weighted by Crippen LogP contribution is 2.24. The van der Waals surface area contributed by atoms with E-state index in [0.717, 1.165) is 12.0 Å². The minimum atomic E-state index is -0.736. The molecule has 0 aliphatic carbocycles. The van der Waals surface area contributed by atoms with Crippen LogP contribution in [0.3, 0.4) is 0 Å². The number of aldehydes is 1. The van der Waals surface area contributed by atoms with Gasteiger partial charge in [0.05, 0.1) is 13.1 Å². The molecule has 2 nitrogen and oxygen atoms in total. The maximum atomic E-state index is 12.6. The lowest BCUT2D eigenvalue weighted by molar-refractivity contribution is 0.112. The van der Waals surface area contributed by atoms with E-state index in [2.05, 4.69) is 0 Å². The van der Waals surface area contributed by atoms with Crippen LogP contribution in [0.5, 0.6) is 0 Å². The Morgan fingerprint density at radius 1 is 1.38 bits per heavy atom. The van der Waals surface area contributed by atoms with Crippen molar-refractivity contribution in [2.45, 2.75) is 6.17 Å². The molecule has 0 aromatic heterocycles. The third kappa shape index (κ3) is 1.41. The molecule has 0 radical (unpaired) electrons. The smallest absolute Gasteiger partial charge is 0.152 e. The molecule has 1 heterocycles. The normalized spacial score (nSPS) is 16.8. The Hall–Kier alpha value is -1.38. The number of carbonyl (C=O) groups is 1. The van der Waals surface area contributed by atoms with Crippen LogP contribution >= 0.6 is 0 Å². The van der Waals surface area contributed by atoms with Gasteiger partial charge in [-0.05, 0) is 12.1 Å². The zero-order valence-electron chi connectivity index (χ0n) is 7.11. The first-order chi connectivity index (χ1) is 6.31. The zero-order valence-corrected chi connectivity index (χ0v) is 7.11. The summed E-state index contributed by atoms with van der Waals surface area (Å²) in [7, 11) is 0. The van der Waals surface area contributed by atoms with Gasteiger partial charge in [0.15, 0.2) is 6.29 Å². The van der Waals surface area contributed by atoms with Crippen LogP contribution in [0, 0.1) is 0 Å². The highest BCUT2D eigenvalue weighted by Gasteiger charge is 2.27. The topological polar surface area (TPSA) is 20.3 Å². The average molecular weight is 179 g/mol. The summed E-state index contributed by atoms with van der Waals surface area (Å²) >= 11 is 0. The van der Waals surface area contributed by atoms with Crippen LogP contribution in [0.25, 0.3) is 0 Å². The van der Waals surface area contributed by atoms with Gasteiger partial charge in [0.1, 0.15) is 6.17 Å². The van der Waals surface area contributed by atoms with Crippen LogP contribution in [-0.2, 0) is 0 Å². The van der Waals surface area contributed by atoms with Crippen molar-refractivity contribution in [2.24, 2.45) is 0 Å². The predicted molar refractivity (Wildman–Crippen MR) is 48.9 cm³/mol. The van der Waals surface area contributed by atoms with E-state index in [1.54, 1.807) is 12.1 Å². The van der Waals surface area contributed by atoms with E-state index in [4.69, 9.17) is 0 Å². The quantitative estimate of drug-likeness (QED) is 0.643. The summed E-state index contributed by atoms with van der Waals surface area (Å²) in [6.45, 7) is 0.815. The summed E-state index contributed by atoms with van der Waals surface area (Å²) in [5.74, 6) is 0. The molecule has 1 aliphatic heterocycles. The molecule has 3 heteroatoms. The monoisotopic (exact) mass is 179 g/mol. The standard InChI is InChI=1S/C10H10FNO/c11-9-5-12(6-9)10-4-2-1-3-8(10)7-13/h1-4,7,9H,5-6H2. The molecule has 0 bridgehead atoms. The number of halogens is 1. The van der Waals surface area contributed by atoms with Gasteiger partial charge in [0, 0.05) is 11.3 Å². The van der Waals surface area contributed by atoms with Crippen molar-refractivity contribution in [1.29, 1.82) is 0 Å². The first-order valence-corrected chi connectivity index (χ1v) is 4.24. The van der Waals surface area contributed by atoms with E-state index in [1.165, 1.54) is 0 Å². The number of anilines is 1. The molecule has 0 spiro atoms. The second-order valence-electron chi connectivity index (χ2n) is 3.18. The molecule has 0 N–H and O–H groups in total. The number of nitrogens with zero attached hydrogens (tertiary/aromatic N) is 1. The number of benzene rings is 1. The van der Waals surface area contributed by atoms with Gasteiger partial charge >= 0.3 is 0 Å². The Balaban J connectivity index is 2.24. The lowest BCUT2D eigenvalue weighted by Crippen LogP contribution is -2.48. The van der Waals surface area contributed by atoms with Crippen LogP contribution in [0.1, 0.15) is 10.4 Å². The van der Waals surface area contributed by atoms with Gasteiger partial charge in [-0.2, -0.15) is 0 Å². The molecule has 1 aromatic rings. The highest BCUT2D eigenvalue weighted by atomic mass is 19.1. The van der Waals surface area contributed by atoms with E-state index in [-0.39, 0.29) is 0 Å². The summed E-state index contributed by atoms with van der Waals surface area (Å²) < 4.78 is 12.6. The van der Waals surface area contributed by atoms with Crippen LogP contribution in [0.4, 0.5) is 10.1 Å². The Morgan fingerprint density at radius 3 is 2.69 bits per heavy atom. The number of hydrogen-bond donors (Lipinski definition) is 0. The number of alkyl halides is 1. The number of carbonyl (C=O) groups excluding carboxylic acids is 1. The van der Waals surface area contributed by atoms with Gasteiger partial charge in [-0.15, -0.1) is 0 Å². The fraction of sp³-hybridized carbons (Fsp3) is 0.300. The summed E-state index contributed by atoms with van der Waals surface area (Å²) in [4.78, 5) is 12.5. The van der Waals surface area contributed by atoms with E-state index in [1.807, 2.05) is 17.0 Å². The molecule has 1 fully saturated rings. The zero-order chi connectivity index (χ0) is 9.26. The van der Waals surface area contributed by atoms with Gasteiger partial charge in [0.25, 0.3) is 0 Å². The van der Waals surface area contributed by atoms with Crippen molar-refractivity contribution in [3.63, 3.8) is 0 Å². The van der Waals surface area contributed by atoms with E-state index < -0.39 is 6.17 Å². The maximum absolute atomic E-state index is 12.6. The lowest BCUT2D eigenvalue weighted by atomic mass is 10.1. The van der Waals surface area contributed by atoms with E-state index >= 15 is 0 Å². The Labute approximate surface area is 76.0 Å².